The Bertz CT molecular complexity index is 751. The van der Waals surface area contributed by atoms with Gasteiger partial charge in [-0.05, 0) is 51.3 Å². The molecular weight excluding hydrogens is 332 g/mol. The number of aromatic nitrogens is 2. The Balaban J connectivity index is 1.44. The van der Waals surface area contributed by atoms with Gasteiger partial charge in [0.15, 0.2) is 5.76 Å². The van der Waals surface area contributed by atoms with E-state index in [4.69, 9.17) is 4.42 Å². The molecule has 1 aliphatic heterocycles. The van der Waals surface area contributed by atoms with E-state index >= 15 is 0 Å². The minimum Gasteiger partial charge on any atom is -0.459 e. The molecule has 3 rings (SSSR count). The van der Waals surface area contributed by atoms with E-state index in [0.29, 0.717) is 25.4 Å². The average molecular weight is 358 g/mol. The Morgan fingerprint density at radius 2 is 2.23 bits per heavy atom. The van der Waals surface area contributed by atoms with Gasteiger partial charge in [-0.15, -0.1) is 0 Å². The van der Waals surface area contributed by atoms with Gasteiger partial charge < -0.3 is 14.6 Å². The summed E-state index contributed by atoms with van der Waals surface area (Å²) in [6.45, 7) is 6.52. The maximum Gasteiger partial charge on any atom is 0.289 e. The summed E-state index contributed by atoms with van der Waals surface area (Å²) in [5.41, 5.74) is 2.14. The molecule has 1 fully saturated rings. The molecule has 0 aromatic carbocycles. The van der Waals surface area contributed by atoms with Crippen LogP contribution in [0.5, 0.6) is 0 Å². The number of furan rings is 1. The third-order valence-corrected chi connectivity index (χ3v) is 4.76. The first kappa shape index (κ1) is 18.2. The van der Waals surface area contributed by atoms with Crippen molar-refractivity contribution in [1.29, 1.82) is 0 Å². The molecule has 140 valence electrons. The van der Waals surface area contributed by atoms with Gasteiger partial charge in [-0.3, -0.25) is 14.3 Å². The molecular formula is C19H26N4O3. The molecule has 1 aliphatic rings. The smallest absolute Gasteiger partial charge is 0.289 e. The number of hydrogen-bond acceptors (Lipinski definition) is 4. The van der Waals surface area contributed by atoms with Gasteiger partial charge in [0.2, 0.25) is 5.91 Å². The lowest BCUT2D eigenvalue weighted by Gasteiger charge is -2.31. The molecule has 7 heteroatoms. The lowest BCUT2D eigenvalue weighted by molar-refractivity contribution is -0.126. The fraction of sp³-hybridized carbons (Fsp3) is 0.526. The Kier molecular flexibility index (Phi) is 5.75. The number of likely N-dealkylation sites (tertiary alicyclic amines) is 1. The number of nitrogens with one attached hydrogen (secondary N) is 1. The zero-order valence-corrected chi connectivity index (χ0v) is 15.4. The molecule has 7 nitrogen and oxygen atoms in total. The Hall–Kier alpha value is -2.57. The molecule has 0 saturated carbocycles. The maximum absolute atomic E-state index is 12.4. The summed E-state index contributed by atoms with van der Waals surface area (Å²) in [6.07, 6.45) is 3.96. The van der Waals surface area contributed by atoms with Crippen LogP contribution in [-0.2, 0) is 11.3 Å². The van der Waals surface area contributed by atoms with E-state index in [9.17, 15) is 9.59 Å². The van der Waals surface area contributed by atoms with Crippen molar-refractivity contribution in [2.24, 2.45) is 5.92 Å². The van der Waals surface area contributed by atoms with Gasteiger partial charge in [-0.2, -0.15) is 5.10 Å². The minimum absolute atomic E-state index is 0.0234. The summed E-state index contributed by atoms with van der Waals surface area (Å²) in [7, 11) is 0. The molecule has 3 heterocycles. The van der Waals surface area contributed by atoms with Gasteiger partial charge in [0.25, 0.3) is 5.91 Å². The van der Waals surface area contributed by atoms with Crippen LogP contribution in [0.25, 0.3) is 0 Å². The van der Waals surface area contributed by atoms with Crippen LogP contribution in [0.1, 0.15) is 41.2 Å². The van der Waals surface area contributed by atoms with E-state index in [1.165, 1.54) is 6.26 Å². The van der Waals surface area contributed by atoms with Gasteiger partial charge in [0.1, 0.15) is 0 Å². The minimum atomic E-state index is -0.156. The van der Waals surface area contributed by atoms with Gasteiger partial charge >= 0.3 is 0 Å². The number of carbonyl (C=O) groups is 2. The number of nitrogens with zero attached hydrogens (tertiary/aromatic N) is 3. The average Bonchev–Trinajstić information content (AvgIpc) is 3.28. The summed E-state index contributed by atoms with van der Waals surface area (Å²) in [5.74, 6) is 0.0552. The van der Waals surface area contributed by atoms with E-state index in [0.717, 1.165) is 37.2 Å². The van der Waals surface area contributed by atoms with Crippen LogP contribution in [0.15, 0.2) is 28.9 Å². The topological polar surface area (TPSA) is 80.4 Å². The second-order valence-electron chi connectivity index (χ2n) is 6.86. The highest BCUT2D eigenvalue weighted by Gasteiger charge is 2.29. The second kappa shape index (κ2) is 8.21. The molecule has 2 aromatic rings. The first-order valence-electron chi connectivity index (χ1n) is 9.16. The van der Waals surface area contributed by atoms with Crippen LogP contribution in [0.2, 0.25) is 0 Å². The van der Waals surface area contributed by atoms with Gasteiger partial charge in [0, 0.05) is 31.9 Å². The Labute approximate surface area is 153 Å². The van der Waals surface area contributed by atoms with E-state index in [1.54, 1.807) is 17.0 Å². The molecule has 1 N–H and O–H groups in total. The van der Waals surface area contributed by atoms with Gasteiger partial charge in [-0.25, -0.2) is 0 Å². The summed E-state index contributed by atoms with van der Waals surface area (Å²) in [5, 5.41) is 7.42. The number of rotatable bonds is 6. The highest BCUT2D eigenvalue weighted by atomic mass is 16.3. The zero-order chi connectivity index (χ0) is 18.5. The fourth-order valence-electron chi connectivity index (χ4n) is 3.42. The standard InChI is InChI=1S/C19H26N4O3/c1-14-12-15(2)23(21-14)10-5-8-20-18(24)16-6-3-9-22(13-16)19(25)17-7-4-11-26-17/h4,7,11-12,16H,3,5-6,8-10,13H2,1-2H3,(H,20,24). The highest BCUT2D eigenvalue weighted by molar-refractivity contribution is 5.92. The third kappa shape index (κ3) is 4.33. The number of aryl methyl sites for hydroxylation is 3. The third-order valence-electron chi connectivity index (χ3n) is 4.76. The van der Waals surface area contributed by atoms with E-state index < -0.39 is 0 Å². The second-order valence-corrected chi connectivity index (χ2v) is 6.86. The molecule has 1 atom stereocenters. The lowest BCUT2D eigenvalue weighted by Crippen LogP contribution is -2.45. The molecule has 0 radical (unpaired) electrons. The van der Waals surface area contributed by atoms with Crippen LogP contribution in [0, 0.1) is 19.8 Å². The fourth-order valence-corrected chi connectivity index (χ4v) is 3.42. The molecule has 1 unspecified atom stereocenters. The van der Waals surface area contributed by atoms with Crippen molar-refractivity contribution in [2.45, 2.75) is 39.7 Å². The van der Waals surface area contributed by atoms with E-state index in [1.807, 2.05) is 24.6 Å². The van der Waals surface area contributed by atoms with Crippen molar-refractivity contribution in [3.63, 3.8) is 0 Å². The van der Waals surface area contributed by atoms with Crippen molar-refractivity contribution in [1.82, 2.24) is 20.0 Å². The normalized spacial score (nSPS) is 17.3. The zero-order valence-electron chi connectivity index (χ0n) is 15.4. The van der Waals surface area contributed by atoms with Crippen molar-refractivity contribution in [3.05, 3.63) is 41.6 Å². The predicted molar refractivity (Wildman–Crippen MR) is 96.7 cm³/mol. The number of piperidine rings is 1. The first-order chi connectivity index (χ1) is 12.5. The molecule has 0 aliphatic carbocycles. The molecule has 2 aromatic heterocycles. The van der Waals surface area contributed by atoms with Crippen LogP contribution in [-0.4, -0.2) is 46.1 Å². The Morgan fingerprint density at radius 1 is 1.38 bits per heavy atom. The van der Waals surface area contributed by atoms with Gasteiger partial charge in [0.05, 0.1) is 17.9 Å². The predicted octanol–water partition coefficient (Wildman–Crippen LogP) is 2.15. The number of hydrogen-bond donors (Lipinski definition) is 1. The highest BCUT2D eigenvalue weighted by Crippen LogP contribution is 2.19. The summed E-state index contributed by atoms with van der Waals surface area (Å²) in [4.78, 5) is 26.5. The van der Waals surface area contributed by atoms with Crippen LogP contribution in [0.4, 0.5) is 0 Å². The van der Waals surface area contributed by atoms with Crippen molar-refractivity contribution in [3.8, 4) is 0 Å². The van der Waals surface area contributed by atoms with Crippen molar-refractivity contribution >= 4 is 11.8 Å². The monoisotopic (exact) mass is 358 g/mol. The van der Waals surface area contributed by atoms with Gasteiger partial charge in [-0.1, -0.05) is 0 Å². The van der Waals surface area contributed by atoms with E-state index in [2.05, 4.69) is 10.4 Å². The quantitative estimate of drug-likeness (QED) is 0.803. The molecule has 1 saturated heterocycles. The van der Waals surface area contributed by atoms with Crippen LogP contribution >= 0.6 is 0 Å². The first-order valence-corrected chi connectivity index (χ1v) is 9.16. The van der Waals surface area contributed by atoms with Crippen molar-refractivity contribution < 1.29 is 14.0 Å². The SMILES string of the molecule is Cc1cc(C)n(CCCNC(=O)C2CCCN(C(=O)c3ccco3)C2)n1. The summed E-state index contributed by atoms with van der Waals surface area (Å²) < 4.78 is 7.14. The van der Waals surface area contributed by atoms with Crippen molar-refractivity contribution in [2.75, 3.05) is 19.6 Å². The summed E-state index contributed by atoms with van der Waals surface area (Å²) >= 11 is 0. The maximum atomic E-state index is 12.4. The lowest BCUT2D eigenvalue weighted by atomic mass is 9.97. The molecule has 0 bridgehead atoms. The Morgan fingerprint density at radius 3 is 2.92 bits per heavy atom. The van der Waals surface area contributed by atoms with Crippen LogP contribution < -0.4 is 5.32 Å². The summed E-state index contributed by atoms with van der Waals surface area (Å²) in [6, 6.07) is 5.40. The number of amides is 2. The van der Waals surface area contributed by atoms with E-state index in [-0.39, 0.29) is 17.7 Å². The molecule has 2 amide bonds. The van der Waals surface area contributed by atoms with Crippen LogP contribution in [0.3, 0.4) is 0 Å². The molecule has 26 heavy (non-hydrogen) atoms. The molecule has 0 spiro atoms. The largest absolute Gasteiger partial charge is 0.459 e. The number of carbonyl (C=O) groups excluding carboxylic acids is 2.